The number of halogens is 3. The zero-order chi connectivity index (χ0) is 21.7. The first kappa shape index (κ1) is 21.4. The Morgan fingerprint density at radius 2 is 1.77 bits per heavy atom. The number of carbonyl (C=O) groups excluding carboxylic acids is 1. The second-order valence-corrected chi connectivity index (χ2v) is 6.61. The highest BCUT2D eigenvalue weighted by molar-refractivity contribution is 5.90. The van der Waals surface area contributed by atoms with Crippen LogP contribution in [-0.4, -0.2) is 27.8 Å². The normalized spacial score (nSPS) is 11.4. The van der Waals surface area contributed by atoms with E-state index in [-0.39, 0.29) is 11.9 Å². The highest BCUT2D eigenvalue weighted by Gasteiger charge is 2.30. The standard InChI is InChI=1S/C21H21F3N4O2/c1-3-4-5-18(29)25-16-10-12-17(13-11-16)28-19(26-20(27-28)30-2)14-6-8-15(9-7-14)21(22,23)24/h6-13H,3-5H2,1-2H3,(H,25,29). The van der Waals surface area contributed by atoms with Crippen molar-refractivity contribution in [3.8, 4) is 23.1 Å². The van der Waals surface area contributed by atoms with Crippen molar-refractivity contribution in [1.82, 2.24) is 14.8 Å². The summed E-state index contributed by atoms with van der Waals surface area (Å²) in [7, 11) is 1.41. The molecule has 0 radical (unpaired) electrons. The molecule has 0 bridgehead atoms. The third-order valence-corrected chi connectivity index (χ3v) is 4.39. The molecule has 0 fully saturated rings. The lowest BCUT2D eigenvalue weighted by Crippen LogP contribution is -2.11. The number of aromatic nitrogens is 3. The summed E-state index contributed by atoms with van der Waals surface area (Å²) in [6.45, 7) is 2.02. The van der Waals surface area contributed by atoms with E-state index in [0.29, 0.717) is 29.2 Å². The second kappa shape index (κ2) is 8.98. The van der Waals surface area contributed by atoms with Gasteiger partial charge < -0.3 is 10.1 Å². The zero-order valence-electron chi connectivity index (χ0n) is 16.5. The van der Waals surface area contributed by atoms with Crippen LogP contribution in [0.1, 0.15) is 31.7 Å². The van der Waals surface area contributed by atoms with Crippen LogP contribution in [0.3, 0.4) is 0 Å². The van der Waals surface area contributed by atoms with Gasteiger partial charge in [0.1, 0.15) is 0 Å². The Morgan fingerprint density at radius 1 is 1.10 bits per heavy atom. The van der Waals surface area contributed by atoms with E-state index in [1.165, 1.54) is 23.9 Å². The lowest BCUT2D eigenvalue weighted by atomic mass is 10.1. The summed E-state index contributed by atoms with van der Waals surface area (Å²) in [6, 6.07) is 11.7. The van der Waals surface area contributed by atoms with Crippen molar-refractivity contribution in [3.63, 3.8) is 0 Å². The van der Waals surface area contributed by atoms with Crippen molar-refractivity contribution in [1.29, 1.82) is 0 Å². The van der Waals surface area contributed by atoms with Crippen LogP contribution in [0.5, 0.6) is 6.01 Å². The molecule has 0 saturated heterocycles. The molecule has 0 atom stereocenters. The van der Waals surface area contributed by atoms with Gasteiger partial charge in [-0.2, -0.15) is 18.2 Å². The molecular formula is C21H21F3N4O2. The SMILES string of the molecule is CCCCC(=O)Nc1ccc(-n2nc(OC)nc2-c2ccc(C(F)(F)F)cc2)cc1. The lowest BCUT2D eigenvalue weighted by molar-refractivity contribution is -0.137. The van der Waals surface area contributed by atoms with Crippen molar-refractivity contribution in [2.45, 2.75) is 32.4 Å². The Bertz CT molecular complexity index is 997. The summed E-state index contributed by atoms with van der Waals surface area (Å²) in [6.07, 6.45) is -2.20. The number of alkyl halides is 3. The molecule has 9 heteroatoms. The molecule has 1 heterocycles. The minimum absolute atomic E-state index is 0.0579. The molecule has 1 aromatic heterocycles. The zero-order valence-corrected chi connectivity index (χ0v) is 16.5. The molecule has 30 heavy (non-hydrogen) atoms. The van der Waals surface area contributed by atoms with E-state index in [0.717, 1.165) is 25.0 Å². The summed E-state index contributed by atoms with van der Waals surface area (Å²) >= 11 is 0. The van der Waals surface area contributed by atoms with Crippen molar-refractivity contribution >= 4 is 11.6 Å². The predicted octanol–water partition coefficient (Wildman–Crippen LogP) is 5.09. The minimum atomic E-state index is -4.42. The van der Waals surface area contributed by atoms with Crippen LogP contribution in [0.2, 0.25) is 0 Å². The van der Waals surface area contributed by atoms with Crippen LogP contribution in [0.25, 0.3) is 17.1 Å². The van der Waals surface area contributed by atoms with Crippen LogP contribution in [-0.2, 0) is 11.0 Å². The number of anilines is 1. The van der Waals surface area contributed by atoms with Gasteiger partial charge in [0.15, 0.2) is 5.82 Å². The molecule has 0 spiro atoms. The largest absolute Gasteiger partial charge is 0.466 e. The van der Waals surface area contributed by atoms with Crippen molar-refractivity contribution in [3.05, 3.63) is 54.1 Å². The van der Waals surface area contributed by atoms with Crippen LogP contribution in [0.4, 0.5) is 18.9 Å². The number of hydrogen-bond donors (Lipinski definition) is 1. The monoisotopic (exact) mass is 418 g/mol. The number of benzene rings is 2. The number of methoxy groups -OCH3 is 1. The Hall–Kier alpha value is -3.36. The van der Waals surface area contributed by atoms with Gasteiger partial charge in [0.2, 0.25) is 5.91 Å². The third kappa shape index (κ3) is 4.97. The van der Waals surface area contributed by atoms with Crippen molar-refractivity contribution < 1.29 is 22.7 Å². The maximum atomic E-state index is 12.8. The molecule has 0 saturated carbocycles. The highest BCUT2D eigenvalue weighted by Crippen LogP contribution is 2.31. The van der Waals surface area contributed by atoms with E-state index in [1.54, 1.807) is 24.3 Å². The second-order valence-electron chi connectivity index (χ2n) is 6.61. The van der Waals surface area contributed by atoms with Gasteiger partial charge in [-0.25, -0.2) is 4.68 Å². The maximum Gasteiger partial charge on any atom is 0.416 e. The van der Waals surface area contributed by atoms with E-state index in [4.69, 9.17) is 4.74 Å². The number of ether oxygens (including phenoxy) is 1. The first-order chi connectivity index (χ1) is 14.3. The number of nitrogens with zero attached hydrogens (tertiary/aromatic N) is 3. The number of hydrogen-bond acceptors (Lipinski definition) is 4. The molecule has 2 aromatic carbocycles. The van der Waals surface area contributed by atoms with E-state index in [9.17, 15) is 18.0 Å². The topological polar surface area (TPSA) is 69.0 Å². The predicted molar refractivity (Wildman–Crippen MR) is 107 cm³/mol. The molecule has 0 unspecified atom stereocenters. The van der Waals surface area contributed by atoms with Gasteiger partial charge in [0.25, 0.3) is 0 Å². The molecule has 0 aliphatic rings. The number of amides is 1. The van der Waals surface area contributed by atoms with E-state index in [2.05, 4.69) is 15.4 Å². The van der Waals surface area contributed by atoms with Gasteiger partial charge in [-0.15, -0.1) is 5.10 Å². The van der Waals surface area contributed by atoms with Crippen molar-refractivity contribution in [2.24, 2.45) is 0 Å². The van der Waals surface area contributed by atoms with E-state index >= 15 is 0 Å². The van der Waals surface area contributed by atoms with Crippen LogP contribution >= 0.6 is 0 Å². The molecule has 3 rings (SSSR count). The first-order valence-corrected chi connectivity index (χ1v) is 9.40. The van der Waals surface area contributed by atoms with Crippen molar-refractivity contribution in [2.75, 3.05) is 12.4 Å². The minimum Gasteiger partial charge on any atom is -0.466 e. The van der Waals surface area contributed by atoms with Gasteiger partial charge in [-0.3, -0.25) is 4.79 Å². The Labute approximate surface area is 171 Å². The van der Waals surface area contributed by atoms with Gasteiger partial charge in [-0.1, -0.05) is 25.5 Å². The molecule has 1 amide bonds. The van der Waals surface area contributed by atoms with Crippen LogP contribution < -0.4 is 10.1 Å². The van der Waals surface area contributed by atoms with E-state index < -0.39 is 11.7 Å². The highest BCUT2D eigenvalue weighted by atomic mass is 19.4. The quantitative estimate of drug-likeness (QED) is 0.580. The molecule has 0 aliphatic carbocycles. The average molecular weight is 418 g/mol. The Kier molecular flexibility index (Phi) is 6.39. The van der Waals surface area contributed by atoms with Crippen LogP contribution in [0.15, 0.2) is 48.5 Å². The molecule has 0 aliphatic heterocycles. The fourth-order valence-electron chi connectivity index (χ4n) is 2.80. The fourth-order valence-corrected chi connectivity index (χ4v) is 2.80. The first-order valence-electron chi connectivity index (χ1n) is 9.40. The number of unbranched alkanes of at least 4 members (excludes halogenated alkanes) is 1. The molecule has 158 valence electrons. The number of carbonyl (C=O) groups is 1. The Morgan fingerprint density at radius 3 is 2.33 bits per heavy atom. The third-order valence-electron chi connectivity index (χ3n) is 4.39. The number of rotatable bonds is 7. The summed E-state index contributed by atoms with van der Waals surface area (Å²) in [5, 5.41) is 7.07. The molecule has 1 N–H and O–H groups in total. The Balaban J connectivity index is 1.88. The van der Waals surface area contributed by atoms with Gasteiger partial charge >= 0.3 is 12.2 Å². The van der Waals surface area contributed by atoms with E-state index in [1.807, 2.05) is 6.92 Å². The van der Waals surface area contributed by atoms with Gasteiger partial charge in [-0.05, 0) is 42.8 Å². The summed E-state index contributed by atoms with van der Waals surface area (Å²) in [5.41, 5.74) is 0.971. The lowest BCUT2D eigenvalue weighted by Gasteiger charge is -2.10. The summed E-state index contributed by atoms with van der Waals surface area (Å²) in [5.74, 6) is 0.276. The number of nitrogens with one attached hydrogen (secondary N) is 1. The molecule has 6 nitrogen and oxygen atoms in total. The maximum absolute atomic E-state index is 12.8. The van der Waals surface area contributed by atoms with Crippen LogP contribution in [0, 0.1) is 0 Å². The fraction of sp³-hybridized carbons (Fsp3) is 0.286. The molecular weight excluding hydrogens is 397 g/mol. The van der Waals surface area contributed by atoms with Gasteiger partial charge in [0, 0.05) is 17.7 Å². The summed E-state index contributed by atoms with van der Waals surface area (Å²) < 4.78 is 45.1. The molecule has 3 aromatic rings. The van der Waals surface area contributed by atoms with Gasteiger partial charge in [0.05, 0.1) is 18.4 Å². The summed E-state index contributed by atoms with van der Waals surface area (Å²) in [4.78, 5) is 16.1. The smallest absolute Gasteiger partial charge is 0.416 e. The average Bonchev–Trinajstić information content (AvgIpc) is 3.17.